The summed E-state index contributed by atoms with van der Waals surface area (Å²) in [4.78, 5) is 28.5. The van der Waals surface area contributed by atoms with Gasteiger partial charge < -0.3 is 15.4 Å². The number of aliphatic hydroxyl groups is 1. The van der Waals surface area contributed by atoms with Crippen molar-refractivity contribution in [3.05, 3.63) is 92.4 Å². The molecule has 0 aliphatic carbocycles. The summed E-state index contributed by atoms with van der Waals surface area (Å²) in [5.41, 5.74) is -0.410. The Morgan fingerprint density at radius 2 is 1.88 bits per heavy atom. The molecule has 0 saturated carbocycles. The first kappa shape index (κ1) is 23.6. The average molecular weight is 487 g/mol. The first-order valence-electron chi connectivity index (χ1n) is 10.3. The number of carbonyl (C=O) groups is 1. The van der Waals surface area contributed by atoms with E-state index in [1.165, 1.54) is 61.0 Å². The first-order valence-corrected chi connectivity index (χ1v) is 10.7. The Bertz CT molecular complexity index is 1460. The molecule has 4 rings (SSSR count). The second-order valence-electron chi connectivity index (χ2n) is 8.50. The monoisotopic (exact) mass is 486 g/mol. The summed E-state index contributed by atoms with van der Waals surface area (Å²) >= 11 is 5.73. The van der Waals surface area contributed by atoms with Gasteiger partial charge in [0.05, 0.1) is 22.2 Å². The van der Waals surface area contributed by atoms with Gasteiger partial charge in [0.15, 0.2) is 5.82 Å². The minimum atomic E-state index is -1.37. The Hall–Kier alpha value is -3.56. The number of H-pyrrole nitrogens is 1. The van der Waals surface area contributed by atoms with Gasteiger partial charge in [-0.15, -0.1) is 5.10 Å². The molecular formula is C24H21ClF2N4O3. The lowest BCUT2D eigenvalue weighted by Gasteiger charge is -2.30. The highest BCUT2D eigenvalue weighted by Crippen LogP contribution is 2.27. The Morgan fingerprint density at radius 1 is 1.21 bits per heavy atom. The van der Waals surface area contributed by atoms with Crippen LogP contribution in [0.5, 0.6) is 0 Å². The Labute approximate surface area is 198 Å². The summed E-state index contributed by atoms with van der Waals surface area (Å²) < 4.78 is 28.5. The van der Waals surface area contributed by atoms with Crippen molar-refractivity contribution in [1.82, 2.24) is 19.9 Å². The number of nitrogens with one attached hydrogen (secondary N) is 2. The van der Waals surface area contributed by atoms with E-state index in [1.54, 1.807) is 6.92 Å². The van der Waals surface area contributed by atoms with Crippen molar-refractivity contribution in [1.29, 1.82) is 0 Å². The number of benzene rings is 2. The number of fused-ring (bicyclic) bond motifs is 1. The van der Waals surface area contributed by atoms with E-state index in [-0.39, 0.29) is 21.9 Å². The van der Waals surface area contributed by atoms with E-state index in [0.717, 1.165) is 6.07 Å². The van der Waals surface area contributed by atoms with Crippen LogP contribution in [0, 0.1) is 18.6 Å². The zero-order chi connectivity index (χ0) is 24.8. The first-order chi connectivity index (χ1) is 16.0. The van der Waals surface area contributed by atoms with Crippen LogP contribution in [-0.4, -0.2) is 31.2 Å². The molecule has 4 aromatic rings. The van der Waals surface area contributed by atoms with Gasteiger partial charge in [0.1, 0.15) is 17.2 Å². The normalized spacial score (nSPS) is 12.7. The van der Waals surface area contributed by atoms with Crippen LogP contribution in [-0.2, 0) is 0 Å². The molecule has 0 spiro atoms. The highest BCUT2D eigenvalue weighted by atomic mass is 35.5. The summed E-state index contributed by atoms with van der Waals surface area (Å²) in [7, 11) is 0. The van der Waals surface area contributed by atoms with Gasteiger partial charge in [-0.25, -0.2) is 13.3 Å². The molecule has 0 aliphatic rings. The van der Waals surface area contributed by atoms with Crippen molar-refractivity contribution < 1.29 is 18.7 Å². The molecule has 34 heavy (non-hydrogen) atoms. The smallest absolute Gasteiger partial charge is 0.275 e. The summed E-state index contributed by atoms with van der Waals surface area (Å²) in [6.07, 6.45) is 1.39. The topological polar surface area (TPSA) is 99.5 Å². The van der Waals surface area contributed by atoms with Gasteiger partial charge in [0.2, 0.25) is 0 Å². The molecule has 0 fully saturated rings. The van der Waals surface area contributed by atoms with Crippen molar-refractivity contribution in [2.45, 2.75) is 32.4 Å². The molecule has 0 bridgehead atoms. The number of amides is 1. The van der Waals surface area contributed by atoms with E-state index in [1.807, 2.05) is 0 Å². The molecule has 2 heterocycles. The lowest BCUT2D eigenvalue weighted by atomic mass is 9.91. The number of carbonyl (C=O) groups excluding carboxylic acids is 1. The number of nitrogens with zero attached hydrogens (tertiary/aromatic N) is 2. The minimum absolute atomic E-state index is 0.0644. The van der Waals surface area contributed by atoms with Crippen molar-refractivity contribution in [3.63, 3.8) is 0 Å². The lowest BCUT2D eigenvalue weighted by molar-refractivity contribution is 0.0343. The zero-order valence-corrected chi connectivity index (χ0v) is 19.2. The highest BCUT2D eigenvalue weighted by molar-refractivity contribution is 6.30. The number of aromatic amines is 1. The Kier molecular flexibility index (Phi) is 6.01. The number of rotatable bonds is 5. The zero-order valence-electron chi connectivity index (χ0n) is 18.5. The standard InChI is InChI=1S/C24H21ClF2N4O3/c1-12-16(22(32)28-20(24(2,3)34)13-4-7-15(26)8-5-13)11-31-19(12)23(33)29-21(30-31)14-6-9-17(25)18(27)10-14/h4-11,20,34H,1-3H3,(H,28,32)(H,29,30,33)/t20-/m0/s1. The quantitative estimate of drug-likeness (QED) is 0.394. The Balaban J connectivity index is 1.73. The lowest BCUT2D eigenvalue weighted by Crippen LogP contribution is -2.42. The number of hydrogen-bond donors (Lipinski definition) is 3. The van der Waals surface area contributed by atoms with Crippen LogP contribution < -0.4 is 10.9 Å². The maximum Gasteiger partial charge on any atom is 0.275 e. The van der Waals surface area contributed by atoms with Crippen LogP contribution >= 0.6 is 11.6 Å². The van der Waals surface area contributed by atoms with Gasteiger partial charge in [-0.1, -0.05) is 23.7 Å². The van der Waals surface area contributed by atoms with E-state index < -0.39 is 34.7 Å². The largest absolute Gasteiger partial charge is 0.388 e. The third-order valence-corrected chi connectivity index (χ3v) is 5.82. The van der Waals surface area contributed by atoms with Crippen LogP contribution in [0.2, 0.25) is 5.02 Å². The molecule has 2 aromatic heterocycles. The van der Waals surface area contributed by atoms with Crippen LogP contribution in [0.15, 0.2) is 53.5 Å². The van der Waals surface area contributed by atoms with Crippen molar-refractivity contribution in [2.24, 2.45) is 0 Å². The fourth-order valence-electron chi connectivity index (χ4n) is 3.77. The number of halogens is 3. The van der Waals surface area contributed by atoms with E-state index >= 15 is 0 Å². The van der Waals surface area contributed by atoms with Gasteiger partial charge in [-0.05, 0) is 62.2 Å². The van der Waals surface area contributed by atoms with Crippen LogP contribution in [0.1, 0.15) is 41.4 Å². The number of aryl methyl sites for hydroxylation is 1. The second kappa shape index (κ2) is 8.66. The van der Waals surface area contributed by atoms with Gasteiger partial charge >= 0.3 is 0 Å². The van der Waals surface area contributed by atoms with Gasteiger partial charge in [-0.2, -0.15) is 0 Å². The summed E-state index contributed by atoms with van der Waals surface area (Å²) in [6, 6.07) is 8.58. The molecule has 0 saturated heterocycles. The maximum absolute atomic E-state index is 13.9. The molecule has 1 amide bonds. The third kappa shape index (κ3) is 4.44. The number of aromatic nitrogens is 3. The molecular weight excluding hydrogens is 466 g/mol. The van der Waals surface area contributed by atoms with E-state index in [2.05, 4.69) is 15.4 Å². The number of hydrogen-bond acceptors (Lipinski definition) is 4. The second-order valence-corrected chi connectivity index (χ2v) is 8.91. The molecule has 0 radical (unpaired) electrons. The van der Waals surface area contributed by atoms with E-state index in [9.17, 15) is 23.5 Å². The summed E-state index contributed by atoms with van der Waals surface area (Å²) in [6.45, 7) is 4.64. The average Bonchev–Trinajstić information content (AvgIpc) is 3.11. The molecule has 2 aromatic carbocycles. The third-order valence-electron chi connectivity index (χ3n) is 5.52. The van der Waals surface area contributed by atoms with Crippen LogP contribution in [0.4, 0.5) is 8.78 Å². The van der Waals surface area contributed by atoms with Crippen LogP contribution in [0.25, 0.3) is 16.9 Å². The fourth-order valence-corrected chi connectivity index (χ4v) is 3.89. The predicted molar refractivity (Wildman–Crippen MR) is 124 cm³/mol. The molecule has 10 heteroatoms. The van der Waals surface area contributed by atoms with Gasteiger partial charge in [-0.3, -0.25) is 9.59 Å². The van der Waals surface area contributed by atoms with Gasteiger partial charge in [0, 0.05) is 11.8 Å². The van der Waals surface area contributed by atoms with Crippen molar-refractivity contribution in [2.75, 3.05) is 0 Å². The molecule has 0 aliphatic heterocycles. The predicted octanol–water partition coefficient (Wildman–Crippen LogP) is 4.17. The fraction of sp³-hybridized carbons (Fsp3) is 0.208. The highest BCUT2D eigenvalue weighted by Gasteiger charge is 2.31. The van der Waals surface area contributed by atoms with E-state index in [0.29, 0.717) is 16.7 Å². The summed E-state index contributed by atoms with van der Waals surface area (Å²) in [5.74, 6) is -1.57. The van der Waals surface area contributed by atoms with Crippen molar-refractivity contribution in [3.8, 4) is 11.4 Å². The molecule has 0 unspecified atom stereocenters. The van der Waals surface area contributed by atoms with E-state index in [4.69, 9.17) is 11.6 Å². The molecule has 3 N–H and O–H groups in total. The summed E-state index contributed by atoms with van der Waals surface area (Å²) in [5, 5.41) is 17.6. The van der Waals surface area contributed by atoms with Crippen molar-refractivity contribution >= 4 is 23.0 Å². The molecule has 176 valence electrons. The minimum Gasteiger partial charge on any atom is -0.388 e. The van der Waals surface area contributed by atoms with Gasteiger partial charge in [0.25, 0.3) is 11.5 Å². The molecule has 7 nitrogen and oxygen atoms in total. The Morgan fingerprint density at radius 3 is 2.50 bits per heavy atom. The SMILES string of the molecule is Cc1c(C(=O)N[C@@H](c2ccc(F)cc2)C(C)(C)O)cn2nc(-c3ccc(Cl)c(F)c3)[nH]c(=O)c12. The molecule has 1 atom stereocenters. The maximum atomic E-state index is 13.9. The van der Waals surface area contributed by atoms with Crippen LogP contribution in [0.3, 0.4) is 0 Å².